The van der Waals surface area contributed by atoms with Crippen molar-refractivity contribution in [3.05, 3.63) is 47.3 Å². The van der Waals surface area contributed by atoms with E-state index in [9.17, 15) is 10.2 Å². The fourth-order valence-electron chi connectivity index (χ4n) is 3.37. The zero-order valence-electron chi connectivity index (χ0n) is 13.8. The summed E-state index contributed by atoms with van der Waals surface area (Å²) >= 11 is 0. The minimum atomic E-state index is -0.449. The molecule has 0 aliphatic carbocycles. The lowest BCUT2D eigenvalue weighted by Crippen LogP contribution is -2.44. The number of piperidine rings is 1. The SMILES string of the molecule is Cc1cc(C)n(-c2ccccc2CN2CC[C@@H](CO)[C@H](O)C2)n1. The van der Waals surface area contributed by atoms with Crippen LogP contribution < -0.4 is 0 Å². The molecule has 0 bridgehead atoms. The van der Waals surface area contributed by atoms with Gasteiger partial charge >= 0.3 is 0 Å². The molecule has 1 aliphatic heterocycles. The molecule has 5 heteroatoms. The molecule has 3 rings (SSSR count). The van der Waals surface area contributed by atoms with E-state index in [4.69, 9.17) is 0 Å². The van der Waals surface area contributed by atoms with Gasteiger partial charge in [0.15, 0.2) is 0 Å². The number of hydrogen-bond acceptors (Lipinski definition) is 4. The first-order chi connectivity index (χ1) is 11.1. The molecule has 2 N–H and O–H groups in total. The Kier molecular flexibility index (Phi) is 4.80. The van der Waals surface area contributed by atoms with Gasteiger partial charge in [-0.3, -0.25) is 4.90 Å². The molecule has 1 aromatic carbocycles. The van der Waals surface area contributed by atoms with Crippen LogP contribution in [0.1, 0.15) is 23.4 Å². The van der Waals surface area contributed by atoms with Crippen molar-refractivity contribution in [1.29, 1.82) is 0 Å². The molecule has 124 valence electrons. The van der Waals surface area contributed by atoms with Crippen molar-refractivity contribution >= 4 is 0 Å². The van der Waals surface area contributed by atoms with Crippen LogP contribution in [0.2, 0.25) is 0 Å². The van der Waals surface area contributed by atoms with Crippen LogP contribution in [0.15, 0.2) is 30.3 Å². The molecule has 0 radical (unpaired) electrons. The van der Waals surface area contributed by atoms with Crippen molar-refractivity contribution < 1.29 is 10.2 Å². The molecule has 0 spiro atoms. The first kappa shape index (κ1) is 16.2. The highest BCUT2D eigenvalue weighted by molar-refractivity contribution is 5.42. The van der Waals surface area contributed by atoms with Gasteiger partial charge in [0.2, 0.25) is 0 Å². The van der Waals surface area contributed by atoms with E-state index in [-0.39, 0.29) is 12.5 Å². The lowest BCUT2D eigenvalue weighted by Gasteiger charge is -2.35. The van der Waals surface area contributed by atoms with Crippen LogP contribution in [-0.2, 0) is 6.54 Å². The Labute approximate surface area is 137 Å². The number of para-hydroxylation sites is 1. The minimum absolute atomic E-state index is 0.0116. The summed E-state index contributed by atoms with van der Waals surface area (Å²) in [5.74, 6) is 0.0116. The van der Waals surface area contributed by atoms with Crippen molar-refractivity contribution in [2.75, 3.05) is 19.7 Å². The Morgan fingerprint density at radius 1 is 1.26 bits per heavy atom. The Morgan fingerprint density at radius 2 is 2.04 bits per heavy atom. The first-order valence-corrected chi connectivity index (χ1v) is 8.21. The zero-order chi connectivity index (χ0) is 16.4. The summed E-state index contributed by atoms with van der Waals surface area (Å²) in [6.07, 6.45) is 0.384. The summed E-state index contributed by atoms with van der Waals surface area (Å²) in [4.78, 5) is 2.25. The lowest BCUT2D eigenvalue weighted by atomic mass is 9.94. The average Bonchev–Trinajstić information content (AvgIpc) is 2.86. The molecule has 1 fully saturated rings. The van der Waals surface area contributed by atoms with Crippen molar-refractivity contribution in [3.63, 3.8) is 0 Å². The Hall–Kier alpha value is -1.69. The average molecular weight is 315 g/mol. The van der Waals surface area contributed by atoms with Crippen LogP contribution in [-0.4, -0.2) is 50.7 Å². The number of aromatic nitrogens is 2. The molecule has 1 saturated heterocycles. The monoisotopic (exact) mass is 315 g/mol. The van der Waals surface area contributed by atoms with Gasteiger partial charge in [0.05, 0.1) is 17.5 Å². The summed E-state index contributed by atoms with van der Waals surface area (Å²) in [5.41, 5.74) is 4.43. The number of aliphatic hydroxyl groups excluding tert-OH is 2. The second-order valence-corrected chi connectivity index (χ2v) is 6.50. The van der Waals surface area contributed by atoms with Gasteiger partial charge in [0.1, 0.15) is 0 Å². The quantitative estimate of drug-likeness (QED) is 0.901. The van der Waals surface area contributed by atoms with E-state index in [1.807, 2.05) is 23.7 Å². The molecule has 0 saturated carbocycles. The van der Waals surface area contributed by atoms with Crippen LogP contribution in [0.5, 0.6) is 0 Å². The molecule has 2 atom stereocenters. The normalized spacial score (nSPS) is 22.4. The van der Waals surface area contributed by atoms with Gasteiger partial charge in [-0.15, -0.1) is 0 Å². The van der Waals surface area contributed by atoms with E-state index in [1.54, 1.807) is 0 Å². The molecular weight excluding hydrogens is 290 g/mol. The van der Waals surface area contributed by atoms with Crippen molar-refractivity contribution in [3.8, 4) is 5.69 Å². The maximum Gasteiger partial charge on any atom is 0.0717 e. The third kappa shape index (κ3) is 3.47. The predicted octanol–water partition coefficient (Wildman–Crippen LogP) is 1.66. The van der Waals surface area contributed by atoms with Gasteiger partial charge < -0.3 is 10.2 Å². The fourth-order valence-corrected chi connectivity index (χ4v) is 3.37. The topological polar surface area (TPSA) is 61.5 Å². The summed E-state index contributed by atoms with van der Waals surface area (Å²) in [6.45, 7) is 6.42. The second kappa shape index (κ2) is 6.83. The molecule has 2 heterocycles. The number of aliphatic hydroxyl groups is 2. The fraction of sp³-hybridized carbons (Fsp3) is 0.500. The Morgan fingerprint density at radius 3 is 2.70 bits per heavy atom. The van der Waals surface area contributed by atoms with Crippen LogP contribution in [0, 0.1) is 19.8 Å². The number of β-amino-alcohol motifs (C(OH)–C–C–N with tert-alkyl or cyclic N) is 1. The van der Waals surface area contributed by atoms with E-state index in [1.165, 1.54) is 5.56 Å². The molecule has 1 aliphatic rings. The molecule has 0 unspecified atom stereocenters. The van der Waals surface area contributed by atoms with Crippen LogP contribution in [0.3, 0.4) is 0 Å². The third-order valence-corrected chi connectivity index (χ3v) is 4.66. The highest BCUT2D eigenvalue weighted by Gasteiger charge is 2.27. The first-order valence-electron chi connectivity index (χ1n) is 8.21. The van der Waals surface area contributed by atoms with Crippen molar-refractivity contribution in [2.45, 2.75) is 32.9 Å². The third-order valence-electron chi connectivity index (χ3n) is 4.66. The van der Waals surface area contributed by atoms with Gasteiger partial charge in [0.25, 0.3) is 0 Å². The molecule has 5 nitrogen and oxygen atoms in total. The molecule has 0 amide bonds. The predicted molar refractivity (Wildman–Crippen MR) is 89.5 cm³/mol. The van der Waals surface area contributed by atoms with Gasteiger partial charge in [-0.1, -0.05) is 18.2 Å². The van der Waals surface area contributed by atoms with Gasteiger partial charge in [-0.25, -0.2) is 4.68 Å². The second-order valence-electron chi connectivity index (χ2n) is 6.50. The van der Waals surface area contributed by atoms with Crippen LogP contribution in [0.25, 0.3) is 5.69 Å². The standard InChI is InChI=1S/C18H25N3O2/c1-13-9-14(2)21(19-13)17-6-4-3-5-15(17)10-20-8-7-16(12-22)18(23)11-20/h3-6,9,16,18,22-23H,7-8,10-12H2,1-2H3/t16-,18+/m0/s1. The maximum absolute atomic E-state index is 10.1. The highest BCUT2D eigenvalue weighted by Crippen LogP contribution is 2.22. The van der Waals surface area contributed by atoms with E-state index in [0.29, 0.717) is 6.54 Å². The summed E-state index contributed by atoms with van der Waals surface area (Å²) in [7, 11) is 0. The summed E-state index contributed by atoms with van der Waals surface area (Å²) in [6, 6.07) is 10.4. The summed E-state index contributed by atoms with van der Waals surface area (Å²) < 4.78 is 1.99. The summed E-state index contributed by atoms with van der Waals surface area (Å²) in [5, 5.41) is 24.0. The van der Waals surface area contributed by atoms with Gasteiger partial charge in [-0.2, -0.15) is 5.10 Å². The Bertz CT molecular complexity index is 668. The van der Waals surface area contributed by atoms with Crippen LogP contribution >= 0.6 is 0 Å². The maximum atomic E-state index is 10.1. The molecule has 1 aromatic heterocycles. The van der Waals surface area contributed by atoms with Crippen LogP contribution in [0.4, 0.5) is 0 Å². The van der Waals surface area contributed by atoms with Gasteiger partial charge in [-0.05, 0) is 44.5 Å². The number of rotatable bonds is 4. The lowest BCUT2D eigenvalue weighted by molar-refractivity contribution is -0.00445. The largest absolute Gasteiger partial charge is 0.396 e. The van der Waals surface area contributed by atoms with E-state index in [2.05, 4.69) is 35.1 Å². The minimum Gasteiger partial charge on any atom is -0.396 e. The molecule has 23 heavy (non-hydrogen) atoms. The molecule has 2 aromatic rings. The van der Waals surface area contributed by atoms with E-state index >= 15 is 0 Å². The smallest absolute Gasteiger partial charge is 0.0717 e. The highest BCUT2D eigenvalue weighted by atomic mass is 16.3. The molecular formula is C18H25N3O2. The number of aryl methyl sites for hydroxylation is 2. The van der Waals surface area contributed by atoms with Crippen molar-refractivity contribution in [1.82, 2.24) is 14.7 Å². The van der Waals surface area contributed by atoms with E-state index < -0.39 is 6.10 Å². The number of benzene rings is 1. The zero-order valence-corrected chi connectivity index (χ0v) is 13.8. The van der Waals surface area contributed by atoms with Crippen molar-refractivity contribution in [2.24, 2.45) is 5.92 Å². The van der Waals surface area contributed by atoms with E-state index in [0.717, 1.165) is 36.6 Å². The number of nitrogens with zero attached hydrogens (tertiary/aromatic N) is 3. The number of hydrogen-bond donors (Lipinski definition) is 2. The Balaban J connectivity index is 1.80. The number of likely N-dealkylation sites (tertiary alicyclic amines) is 1. The van der Waals surface area contributed by atoms with Gasteiger partial charge in [0, 0.05) is 31.3 Å².